The standard InChI is InChI=1S/C14H14ClNO3/c15-12-1-2-13-10(8-12)7-11(9-19-13)14(17)16-3-5-18-6-4-16/h1-2,7-8H,3-6,9H2. The van der Waals surface area contributed by atoms with E-state index < -0.39 is 0 Å². The topological polar surface area (TPSA) is 38.8 Å². The number of amides is 1. The monoisotopic (exact) mass is 279 g/mol. The van der Waals surface area contributed by atoms with Gasteiger partial charge in [-0.25, -0.2) is 0 Å². The second-order valence-corrected chi connectivity index (χ2v) is 4.98. The van der Waals surface area contributed by atoms with Gasteiger partial charge in [-0.1, -0.05) is 11.6 Å². The Labute approximate surface area is 116 Å². The van der Waals surface area contributed by atoms with E-state index in [4.69, 9.17) is 21.1 Å². The maximum absolute atomic E-state index is 12.3. The molecule has 1 aromatic rings. The normalized spacial score (nSPS) is 18.4. The van der Waals surface area contributed by atoms with E-state index >= 15 is 0 Å². The van der Waals surface area contributed by atoms with E-state index in [1.165, 1.54) is 0 Å². The third-order valence-corrected chi connectivity index (χ3v) is 3.49. The van der Waals surface area contributed by atoms with Crippen LogP contribution in [0.1, 0.15) is 5.56 Å². The largest absolute Gasteiger partial charge is 0.488 e. The van der Waals surface area contributed by atoms with Crippen LogP contribution < -0.4 is 4.74 Å². The number of nitrogens with zero attached hydrogens (tertiary/aromatic N) is 1. The van der Waals surface area contributed by atoms with E-state index in [0.717, 1.165) is 11.3 Å². The molecule has 1 aromatic carbocycles. The Kier molecular flexibility index (Phi) is 3.44. The van der Waals surface area contributed by atoms with Gasteiger partial charge < -0.3 is 14.4 Å². The quantitative estimate of drug-likeness (QED) is 0.789. The van der Waals surface area contributed by atoms with Crippen LogP contribution in [-0.4, -0.2) is 43.7 Å². The molecule has 0 atom stereocenters. The minimum atomic E-state index is 0.0222. The molecule has 0 spiro atoms. The van der Waals surface area contributed by atoms with E-state index in [1.807, 2.05) is 18.2 Å². The summed E-state index contributed by atoms with van der Waals surface area (Å²) in [6.07, 6.45) is 1.86. The molecular formula is C14H14ClNO3. The molecule has 2 aliphatic heterocycles. The lowest BCUT2D eigenvalue weighted by atomic mass is 10.1. The van der Waals surface area contributed by atoms with Gasteiger partial charge in [-0.3, -0.25) is 4.79 Å². The molecule has 5 heteroatoms. The molecule has 100 valence electrons. The predicted octanol–water partition coefficient (Wildman–Crippen LogP) is 1.97. The smallest absolute Gasteiger partial charge is 0.253 e. The van der Waals surface area contributed by atoms with Crippen molar-refractivity contribution in [3.63, 3.8) is 0 Å². The first-order valence-electron chi connectivity index (χ1n) is 6.24. The molecule has 0 aliphatic carbocycles. The fraction of sp³-hybridized carbons (Fsp3) is 0.357. The highest BCUT2D eigenvalue weighted by atomic mass is 35.5. The van der Waals surface area contributed by atoms with Gasteiger partial charge in [-0.2, -0.15) is 0 Å². The Hall–Kier alpha value is -1.52. The summed E-state index contributed by atoms with van der Waals surface area (Å²) >= 11 is 5.96. The zero-order valence-corrected chi connectivity index (χ0v) is 11.2. The molecule has 1 fully saturated rings. The van der Waals surface area contributed by atoms with Crippen LogP contribution >= 0.6 is 11.6 Å². The number of halogens is 1. The Morgan fingerprint density at radius 1 is 1.26 bits per heavy atom. The molecule has 0 bridgehead atoms. The summed E-state index contributed by atoms with van der Waals surface area (Å²) in [5.74, 6) is 0.789. The number of carbonyl (C=O) groups is 1. The fourth-order valence-electron chi connectivity index (χ4n) is 2.24. The average Bonchev–Trinajstić information content (AvgIpc) is 2.46. The highest BCUT2D eigenvalue weighted by Gasteiger charge is 2.23. The second kappa shape index (κ2) is 5.23. The van der Waals surface area contributed by atoms with Gasteiger partial charge in [0.25, 0.3) is 5.91 Å². The lowest BCUT2D eigenvalue weighted by Gasteiger charge is -2.28. The number of rotatable bonds is 1. The molecule has 0 saturated carbocycles. The number of fused-ring (bicyclic) bond motifs is 1. The molecule has 1 saturated heterocycles. The van der Waals surface area contributed by atoms with Gasteiger partial charge in [0, 0.05) is 23.7 Å². The van der Waals surface area contributed by atoms with Crippen molar-refractivity contribution in [2.45, 2.75) is 0 Å². The summed E-state index contributed by atoms with van der Waals surface area (Å²) in [5.41, 5.74) is 1.52. The van der Waals surface area contributed by atoms with E-state index in [9.17, 15) is 4.79 Å². The molecule has 2 aliphatic rings. The highest BCUT2D eigenvalue weighted by molar-refractivity contribution is 6.30. The van der Waals surface area contributed by atoms with Crippen molar-refractivity contribution in [2.75, 3.05) is 32.9 Å². The summed E-state index contributed by atoms with van der Waals surface area (Å²) in [7, 11) is 0. The Morgan fingerprint density at radius 2 is 2.05 bits per heavy atom. The number of ether oxygens (including phenoxy) is 2. The first-order valence-corrected chi connectivity index (χ1v) is 6.62. The number of morpholine rings is 1. The Morgan fingerprint density at radius 3 is 2.84 bits per heavy atom. The minimum absolute atomic E-state index is 0.0222. The van der Waals surface area contributed by atoms with Crippen molar-refractivity contribution < 1.29 is 14.3 Å². The van der Waals surface area contributed by atoms with Gasteiger partial charge in [0.2, 0.25) is 0 Å². The van der Waals surface area contributed by atoms with E-state index in [-0.39, 0.29) is 5.91 Å². The Bertz CT molecular complexity index is 535. The number of hydrogen-bond acceptors (Lipinski definition) is 3. The summed E-state index contributed by atoms with van der Waals surface area (Å²) < 4.78 is 10.8. The van der Waals surface area contributed by atoms with E-state index in [2.05, 4.69) is 0 Å². The minimum Gasteiger partial charge on any atom is -0.488 e. The zero-order chi connectivity index (χ0) is 13.2. The fourth-order valence-corrected chi connectivity index (χ4v) is 2.42. The number of hydrogen-bond donors (Lipinski definition) is 0. The van der Waals surface area contributed by atoms with Crippen molar-refractivity contribution in [2.24, 2.45) is 0 Å². The van der Waals surface area contributed by atoms with E-state index in [1.54, 1.807) is 11.0 Å². The van der Waals surface area contributed by atoms with E-state index in [0.29, 0.717) is 43.5 Å². The molecule has 0 radical (unpaired) electrons. The highest BCUT2D eigenvalue weighted by Crippen LogP contribution is 2.29. The Balaban J connectivity index is 1.83. The molecule has 4 nitrogen and oxygen atoms in total. The molecule has 0 unspecified atom stereocenters. The van der Waals surface area contributed by atoms with Crippen LogP contribution in [0, 0.1) is 0 Å². The van der Waals surface area contributed by atoms with Crippen LogP contribution in [0.2, 0.25) is 5.02 Å². The molecule has 1 amide bonds. The first-order chi connectivity index (χ1) is 9.24. The summed E-state index contributed by atoms with van der Waals surface area (Å²) in [4.78, 5) is 14.1. The van der Waals surface area contributed by atoms with Gasteiger partial charge in [0.1, 0.15) is 12.4 Å². The second-order valence-electron chi connectivity index (χ2n) is 4.54. The zero-order valence-electron chi connectivity index (χ0n) is 10.4. The van der Waals surface area contributed by atoms with Crippen LogP contribution in [-0.2, 0) is 9.53 Å². The SMILES string of the molecule is O=C(C1=Cc2cc(Cl)ccc2OC1)N1CCOCC1. The summed E-state index contributed by atoms with van der Waals surface area (Å²) in [5, 5.41) is 0.638. The van der Waals surface area contributed by atoms with Gasteiger partial charge in [-0.15, -0.1) is 0 Å². The van der Waals surface area contributed by atoms with Gasteiger partial charge in [0.05, 0.1) is 18.8 Å². The van der Waals surface area contributed by atoms with Crippen molar-refractivity contribution >= 4 is 23.6 Å². The van der Waals surface area contributed by atoms with Crippen LogP contribution in [0.3, 0.4) is 0 Å². The summed E-state index contributed by atoms with van der Waals surface area (Å²) in [6, 6.07) is 5.41. The molecule has 3 rings (SSSR count). The molecular weight excluding hydrogens is 266 g/mol. The summed E-state index contributed by atoms with van der Waals surface area (Å²) in [6.45, 7) is 2.78. The molecule has 0 aromatic heterocycles. The molecule has 0 N–H and O–H groups in total. The lowest BCUT2D eigenvalue weighted by molar-refractivity contribution is -0.131. The molecule has 19 heavy (non-hydrogen) atoms. The lowest BCUT2D eigenvalue weighted by Crippen LogP contribution is -2.42. The van der Waals surface area contributed by atoms with Crippen LogP contribution in [0.5, 0.6) is 5.75 Å². The number of carbonyl (C=O) groups excluding carboxylic acids is 1. The van der Waals surface area contributed by atoms with Gasteiger partial charge in [-0.05, 0) is 24.3 Å². The molecule has 2 heterocycles. The first kappa shape index (κ1) is 12.5. The van der Waals surface area contributed by atoms with Gasteiger partial charge in [0.15, 0.2) is 0 Å². The predicted molar refractivity (Wildman–Crippen MR) is 72.3 cm³/mol. The van der Waals surface area contributed by atoms with Crippen molar-refractivity contribution in [3.05, 3.63) is 34.4 Å². The van der Waals surface area contributed by atoms with Crippen LogP contribution in [0.25, 0.3) is 6.08 Å². The van der Waals surface area contributed by atoms with Gasteiger partial charge >= 0.3 is 0 Å². The van der Waals surface area contributed by atoms with Crippen molar-refractivity contribution in [1.82, 2.24) is 4.90 Å². The average molecular weight is 280 g/mol. The van der Waals surface area contributed by atoms with Crippen LogP contribution in [0.15, 0.2) is 23.8 Å². The number of benzene rings is 1. The third-order valence-electron chi connectivity index (χ3n) is 3.26. The van der Waals surface area contributed by atoms with Crippen molar-refractivity contribution in [1.29, 1.82) is 0 Å². The maximum atomic E-state index is 12.3. The van der Waals surface area contributed by atoms with Crippen molar-refractivity contribution in [3.8, 4) is 5.75 Å². The van der Waals surface area contributed by atoms with Crippen LogP contribution in [0.4, 0.5) is 0 Å². The maximum Gasteiger partial charge on any atom is 0.253 e. The third kappa shape index (κ3) is 2.60.